The molecular formula is C17H22FN3O4. The van der Waals surface area contributed by atoms with E-state index in [0.29, 0.717) is 25.9 Å². The number of non-ortho nitro benzene ring substituents is 1. The zero-order valence-electron chi connectivity index (χ0n) is 14.6. The molecule has 0 bridgehead atoms. The number of nitro benzene ring substituents is 1. The van der Waals surface area contributed by atoms with Gasteiger partial charge in [0, 0.05) is 38.2 Å². The van der Waals surface area contributed by atoms with E-state index in [1.165, 1.54) is 4.90 Å². The molecule has 0 aromatic heterocycles. The fraction of sp³-hybridized carbons (Fsp3) is 0.529. The van der Waals surface area contributed by atoms with Gasteiger partial charge in [-0.15, -0.1) is 0 Å². The standard InChI is InChI=1S/C17H22FN3O4/c1-11(2)19(3)16(22)12-6-8-20(9-7-12)17(23)14-5-4-13(21(24)25)10-15(14)18/h4-5,10-12H,6-9H2,1-3H3. The SMILES string of the molecule is CC(C)N(C)C(=O)C1CCN(C(=O)c2ccc([N+](=O)[O-])cc2F)CC1. The minimum Gasteiger partial charge on any atom is -0.343 e. The van der Waals surface area contributed by atoms with Gasteiger partial charge in [0.2, 0.25) is 5.91 Å². The number of rotatable bonds is 4. The summed E-state index contributed by atoms with van der Waals surface area (Å²) in [6, 6.07) is 3.12. The third-order valence-corrected chi connectivity index (χ3v) is 4.65. The second-order valence-electron chi connectivity index (χ2n) is 6.53. The number of nitro groups is 1. The van der Waals surface area contributed by atoms with E-state index >= 15 is 0 Å². The van der Waals surface area contributed by atoms with Crippen molar-refractivity contribution in [3.05, 3.63) is 39.7 Å². The van der Waals surface area contributed by atoms with Crippen molar-refractivity contribution in [1.82, 2.24) is 9.80 Å². The first-order valence-corrected chi connectivity index (χ1v) is 8.22. The number of likely N-dealkylation sites (tertiary alicyclic amines) is 1. The Kier molecular flexibility index (Phi) is 5.71. The van der Waals surface area contributed by atoms with Crippen LogP contribution >= 0.6 is 0 Å². The van der Waals surface area contributed by atoms with E-state index in [2.05, 4.69) is 0 Å². The highest BCUT2D eigenvalue weighted by Crippen LogP contribution is 2.23. The maximum atomic E-state index is 14.0. The number of carbonyl (C=O) groups is 2. The maximum absolute atomic E-state index is 14.0. The third-order valence-electron chi connectivity index (χ3n) is 4.65. The van der Waals surface area contributed by atoms with E-state index in [1.54, 1.807) is 11.9 Å². The van der Waals surface area contributed by atoms with Crippen molar-refractivity contribution >= 4 is 17.5 Å². The van der Waals surface area contributed by atoms with Crippen molar-refractivity contribution < 1.29 is 18.9 Å². The summed E-state index contributed by atoms with van der Waals surface area (Å²) in [6.45, 7) is 4.59. The van der Waals surface area contributed by atoms with Crippen LogP contribution in [-0.2, 0) is 4.79 Å². The predicted molar refractivity (Wildman–Crippen MR) is 89.6 cm³/mol. The number of amides is 2. The van der Waals surface area contributed by atoms with Gasteiger partial charge in [0.15, 0.2) is 0 Å². The molecule has 1 aromatic carbocycles. The second kappa shape index (κ2) is 7.58. The Bertz CT molecular complexity index is 684. The average Bonchev–Trinajstić information content (AvgIpc) is 2.59. The molecule has 1 aromatic rings. The number of piperidine rings is 1. The van der Waals surface area contributed by atoms with Crippen LogP contribution in [0.15, 0.2) is 18.2 Å². The lowest BCUT2D eigenvalue weighted by atomic mass is 9.94. The Morgan fingerprint density at radius 3 is 2.40 bits per heavy atom. The van der Waals surface area contributed by atoms with Gasteiger partial charge in [0.1, 0.15) is 5.82 Å². The minimum atomic E-state index is -0.906. The molecule has 0 radical (unpaired) electrons. The van der Waals surface area contributed by atoms with E-state index in [1.807, 2.05) is 13.8 Å². The molecule has 0 N–H and O–H groups in total. The van der Waals surface area contributed by atoms with Crippen molar-refractivity contribution in [3.8, 4) is 0 Å². The van der Waals surface area contributed by atoms with Gasteiger partial charge >= 0.3 is 0 Å². The number of nitrogens with zero attached hydrogens (tertiary/aromatic N) is 3. The predicted octanol–water partition coefficient (Wildman–Crippen LogP) is 2.45. The number of hydrogen-bond acceptors (Lipinski definition) is 4. The molecule has 0 aliphatic carbocycles. The number of carbonyl (C=O) groups excluding carboxylic acids is 2. The molecule has 1 aliphatic heterocycles. The Labute approximate surface area is 145 Å². The topological polar surface area (TPSA) is 83.8 Å². The molecular weight excluding hydrogens is 329 g/mol. The summed E-state index contributed by atoms with van der Waals surface area (Å²) in [5, 5.41) is 10.6. The van der Waals surface area contributed by atoms with Gasteiger partial charge in [-0.2, -0.15) is 0 Å². The first kappa shape index (κ1) is 18.8. The van der Waals surface area contributed by atoms with Crippen LogP contribution in [0.5, 0.6) is 0 Å². The Morgan fingerprint density at radius 2 is 1.92 bits per heavy atom. The van der Waals surface area contributed by atoms with Gasteiger partial charge in [-0.1, -0.05) is 0 Å². The lowest BCUT2D eigenvalue weighted by molar-refractivity contribution is -0.385. The molecule has 0 saturated carbocycles. The smallest absolute Gasteiger partial charge is 0.272 e. The van der Waals surface area contributed by atoms with E-state index in [-0.39, 0.29) is 23.4 Å². The Morgan fingerprint density at radius 1 is 1.32 bits per heavy atom. The molecule has 1 fully saturated rings. The Hall–Kier alpha value is -2.51. The van der Waals surface area contributed by atoms with Crippen LogP contribution in [0.3, 0.4) is 0 Å². The summed E-state index contributed by atoms with van der Waals surface area (Å²) in [7, 11) is 1.76. The van der Waals surface area contributed by atoms with Gasteiger partial charge in [-0.25, -0.2) is 4.39 Å². The van der Waals surface area contributed by atoms with Crippen LogP contribution in [0.2, 0.25) is 0 Å². The minimum absolute atomic E-state index is 0.0589. The van der Waals surface area contributed by atoms with Gasteiger partial charge < -0.3 is 9.80 Å². The summed E-state index contributed by atoms with van der Waals surface area (Å²) in [6.07, 6.45) is 1.05. The average molecular weight is 351 g/mol. The molecule has 1 heterocycles. The lowest BCUT2D eigenvalue weighted by Crippen LogP contribution is -2.45. The van der Waals surface area contributed by atoms with Crippen LogP contribution in [0.25, 0.3) is 0 Å². The maximum Gasteiger partial charge on any atom is 0.272 e. The fourth-order valence-electron chi connectivity index (χ4n) is 2.83. The van der Waals surface area contributed by atoms with Crippen molar-refractivity contribution in [2.45, 2.75) is 32.7 Å². The summed E-state index contributed by atoms with van der Waals surface area (Å²) in [5.74, 6) is -1.49. The first-order chi connectivity index (χ1) is 11.7. The number of benzene rings is 1. The van der Waals surface area contributed by atoms with Gasteiger partial charge in [0.05, 0.1) is 16.6 Å². The van der Waals surface area contributed by atoms with Gasteiger partial charge in [-0.3, -0.25) is 19.7 Å². The molecule has 7 nitrogen and oxygen atoms in total. The molecule has 0 unspecified atom stereocenters. The zero-order chi connectivity index (χ0) is 18.7. The summed E-state index contributed by atoms with van der Waals surface area (Å²) >= 11 is 0. The molecule has 0 atom stereocenters. The van der Waals surface area contributed by atoms with Crippen molar-refractivity contribution in [2.75, 3.05) is 20.1 Å². The Balaban J connectivity index is 2.02. The van der Waals surface area contributed by atoms with Gasteiger partial charge in [0.25, 0.3) is 11.6 Å². The van der Waals surface area contributed by atoms with E-state index in [4.69, 9.17) is 0 Å². The van der Waals surface area contributed by atoms with Crippen LogP contribution in [0, 0.1) is 21.8 Å². The molecule has 1 saturated heterocycles. The molecule has 25 heavy (non-hydrogen) atoms. The quantitative estimate of drug-likeness (QED) is 0.616. The van der Waals surface area contributed by atoms with E-state index < -0.39 is 22.3 Å². The third kappa shape index (κ3) is 4.12. The van der Waals surface area contributed by atoms with Gasteiger partial charge in [-0.05, 0) is 32.8 Å². The molecule has 136 valence electrons. The molecule has 2 rings (SSSR count). The summed E-state index contributed by atoms with van der Waals surface area (Å²) < 4.78 is 14.0. The zero-order valence-corrected chi connectivity index (χ0v) is 14.6. The van der Waals surface area contributed by atoms with E-state index in [9.17, 15) is 24.1 Å². The number of hydrogen-bond donors (Lipinski definition) is 0. The van der Waals surface area contributed by atoms with Crippen LogP contribution in [0.1, 0.15) is 37.0 Å². The van der Waals surface area contributed by atoms with Crippen LogP contribution in [0.4, 0.5) is 10.1 Å². The highest BCUT2D eigenvalue weighted by Gasteiger charge is 2.31. The second-order valence-corrected chi connectivity index (χ2v) is 6.53. The normalized spacial score (nSPS) is 15.3. The van der Waals surface area contributed by atoms with Crippen molar-refractivity contribution in [3.63, 3.8) is 0 Å². The number of halogens is 1. The highest BCUT2D eigenvalue weighted by molar-refractivity contribution is 5.95. The molecule has 1 aliphatic rings. The molecule has 8 heteroatoms. The highest BCUT2D eigenvalue weighted by atomic mass is 19.1. The summed E-state index contributed by atoms with van der Waals surface area (Å²) in [4.78, 5) is 37.9. The lowest BCUT2D eigenvalue weighted by Gasteiger charge is -2.34. The van der Waals surface area contributed by atoms with Crippen molar-refractivity contribution in [1.29, 1.82) is 0 Å². The van der Waals surface area contributed by atoms with Crippen LogP contribution < -0.4 is 0 Å². The monoisotopic (exact) mass is 351 g/mol. The van der Waals surface area contributed by atoms with Crippen molar-refractivity contribution in [2.24, 2.45) is 5.92 Å². The molecule has 0 spiro atoms. The van der Waals surface area contributed by atoms with Crippen LogP contribution in [-0.4, -0.2) is 52.7 Å². The first-order valence-electron chi connectivity index (χ1n) is 8.22. The largest absolute Gasteiger partial charge is 0.343 e. The fourth-order valence-corrected chi connectivity index (χ4v) is 2.83. The van der Waals surface area contributed by atoms with E-state index in [0.717, 1.165) is 18.2 Å². The summed E-state index contributed by atoms with van der Waals surface area (Å²) in [5.41, 5.74) is -0.579. The molecule has 2 amide bonds.